The molecular weight excluding hydrogens is 440 g/mol. The van der Waals surface area contributed by atoms with Gasteiger partial charge in [-0.15, -0.1) is 11.8 Å². The second-order valence-corrected chi connectivity index (χ2v) is 8.88. The first kappa shape index (κ1) is 23.0. The van der Waals surface area contributed by atoms with Gasteiger partial charge < -0.3 is 19.3 Å². The molecule has 8 heteroatoms. The lowest BCUT2D eigenvalue weighted by Gasteiger charge is -2.38. The molecule has 2 aliphatic rings. The minimum Gasteiger partial charge on any atom is -0.497 e. The van der Waals surface area contributed by atoms with Crippen LogP contribution in [-0.4, -0.2) is 42.5 Å². The van der Waals surface area contributed by atoms with Crippen LogP contribution in [0, 0.1) is 11.3 Å². The Morgan fingerprint density at radius 3 is 2.73 bits per heavy atom. The van der Waals surface area contributed by atoms with E-state index < -0.39 is 11.6 Å². The third-order valence-corrected chi connectivity index (χ3v) is 7.12. The quantitative estimate of drug-likeness (QED) is 0.656. The lowest BCUT2D eigenvalue weighted by atomic mass is 9.85. The van der Waals surface area contributed by atoms with Gasteiger partial charge in [0, 0.05) is 17.9 Å². The number of amides is 1. The number of fused-ring (bicyclic) bond motifs is 1. The summed E-state index contributed by atoms with van der Waals surface area (Å²) in [5.74, 6) is 1.33. The van der Waals surface area contributed by atoms with Gasteiger partial charge in [0.05, 0.1) is 43.3 Å². The zero-order chi connectivity index (χ0) is 23.6. The summed E-state index contributed by atoms with van der Waals surface area (Å²) in [6, 6.07) is 14.8. The summed E-state index contributed by atoms with van der Waals surface area (Å²) in [6.07, 6.45) is 0.938. The molecule has 172 valence electrons. The smallest absolute Gasteiger partial charge is 0.231 e. The largest absolute Gasteiger partial charge is 0.497 e. The minimum absolute atomic E-state index is 0.0670. The van der Waals surface area contributed by atoms with E-state index in [0.29, 0.717) is 40.0 Å². The molecular formula is C25H26N2O5S. The number of nitrogens with zero attached hydrogens (tertiary/aromatic N) is 2. The highest BCUT2D eigenvalue weighted by atomic mass is 32.2. The molecule has 0 unspecified atom stereocenters. The Bertz CT molecular complexity index is 1140. The van der Waals surface area contributed by atoms with Gasteiger partial charge in [-0.25, -0.2) is 0 Å². The molecule has 1 fully saturated rings. The van der Waals surface area contributed by atoms with E-state index in [-0.39, 0.29) is 18.1 Å². The van der Waals surface area contributed by atoms with Gasteiger partial charge in [-0.2, -0.15) is 5.26 Å². The number of allylic oxidation sites excluding steroid dienone is 1. The van der Waals surface area contributed by atoms with Gasteiger partial charge in [0.2, 0.25) is 5.91 Å². The molecule has 0 aliphatic carbocycles. The van der Waals surface area contributed by atoms with Crippen molar-refractivity contribution in [1.29, 1.82) is 5.26 Å². The van der Waals surface area contributed by atoms with Crippen molar-refractivity contribution in [3.8, 4) is 23.3 Å². The fourth-order valence-corrected chi connectivity index (χ4v) is 5.59. The maximum Gasteiger partial charge on any atom is 0.231 e. The molecule has 2 atom stereocenters. The lowest BCUT2D eigenvalue weighted by molar-refractivity contribution is -0.149. The molecule has 2 aromatic rings. The van der Waals surface area contributed by atoms with Gasteiger partial charge in [-0.1, -0.05) is 25.1 Å². The molecule has 0 aromatic heterocycles. The molecule has 4 rings (SSSR count). The second-order valence-electron chi connectivity index (χ2n) is 7.91. The Morgan fingerprint density at radius 2 is 2.03 bits per heavy atom. The van der Waals surface area contributed by atoms with Crippen LogP contribution in [-0.2, 0) is 10.5 Å². The molecule has 0 radical (unpaired) electrons. The molecule has 1 N–H and O–H groups in total. The van der Waals surface area contributed by atoms with Crippen LogP contribution in [0.25, 0.3) is 0 Å². The molecule has 0 saturated carbocycles. The van der Waals surface area contributed by atoms with Crippen LogP contribution in [0.4, 0.5) is 0 Å². The van der Waals surface area contributed by atoms with Gasteiger partial charge in [-0.05, 0) is 36.2 Å². The number of benzene rings is 2. The third kappa shape index (κ3) is 4.03. The molecule has 2 aromatic carbocycles. The van der Waals surface area contributed by atoms with Crippen molar-refractivity contribution >= 4 is 17.7 Å². The Kier molecular flexibility index (Phi) is 6.54. The zero-order valence-corrected chi connectivity index (χ0v) is 19.6. The predicted octanol–water partition coefficient (Wildman–Crippen LogP) is 4.14. The van der Waals surface area contributed by atoms with Crippen LogP contribution in [0.15, 0.2) is 53.1 Å². The summed E-state index contributed by atoms with van der Waals surface area (Å²) in [6.45, 7) is 2.59. The van der Waals surface area contributed by atoms with Crippen molar-refractivity contribution in [2.24, 2.45) is 0 Å². The van der Waals surface area contributed by atoms with Gasteiger partial charge >= 0.3 is 0 Å². The fourth-order valence-electron chi connectivity index (χ4n) is 4.23. The Morgan fingerprint density at radius 1 is 1.21 bits per heavy atom. The molecule has 1 saturated heterocycles. The predicted molar refractivity (Wildman–Crippen MR) is 125 cm³/mol. The standard InChI is InChI=1S/C25H26N2O5S/c1-4-10-32-21-9-8-16(11-22(21)31-3)19-13-23(28)27-24(20(19)14-26)33-15-25(27,29)17-6-5-7-18(12-17)30-2/h5-9,11-12,19,29H,4,10,13,15H2,1-3H3/t19-,25+/m0/s1. The van der Waals surface area contributed by atoms with Crippen molar-refractivity contribution in [3.05, 3.63) is 64.2 Å². The number of hydrogen-bond donors (Lipinski definition) is 1. The summed E-state index contributed by atoms with van der Waals surface area (Å²) in [5.41, 5.74) is 0.259. The summed E-state index contributed by atoms with van der Waals surface area (Å²) in [5, 5.41) is 22.1. The molecule has 7 nitrogen and oxygen atoms in total. The lowest BCUT2D eigenvalue weighted by Crippen LogP contribution is -2.48. The van der Waals surface area contributed by atoms with E-state index >= 15 is 0 Å². The summed E-state index contributed by atoms with van der Waals surface area (Å²) in [7, 11) is 3.12. The zero-order valence-electron chi connectivity index (χ0n) is 18.8. The highest BCUT2D eigenvalue weighted by Crippen LogP contribution is 2.52. The fraction of sp³-hybridized carbons (Fsp3) is 0.360. The summed E-state index contributed by atoms with van der Waals surface area (Å²) >= 11 is 1.32. The van der Waals surface area contributed by atoms with Crippen LogP contribution in [0.3, 0.4) is 0 Å². The van der Waals surface area contributed by atoms with E-state index in [1.165, 1.54) is 16.7 Å². The first-order valence-electron chi connectivity index (χ1n) is 10.7. The molecule has 2 heterocycles. The maximum atomic E-state index is 13.3. The number of aliphatic hydroxyl groups is 1. The number of hydrogen-bond acceptors (Lipinski definition) is 7. The monoisotopic (exact) mass is 466 g/mol. The third-order valence-electron chi connectivity index (χ3n) is 5.89. The average Bonchev–Trinajstić information content (AvgIpc) is 3.21. The number of carbonyl (C=O) groups excluding carboxylic acids is 1. The maximum absolute atomic E-state index is 13.3. The summed E-state index contributed by atoms with van der Waals surface area (Å²) < 4.78 is 16.5. The highest BCUT2D eigenvalue weighted by Gasteiger charge is 2.52. The molecule has 0 spiro atoms. The number of nitriles is 1. The van der Waals surface area contributed by atoms with Crippen LogP contribution in [0.1, 0.15) is 36.8 Å². The number of rotatable bonds is 7. The molecule has 0 bridgehead atoms. The van der Waals surface area contributed by atoms with E-state index in [1.807, 2.05) is 25.1 Å². The first-order valence-corrected chi connectivity index (χ1v) is 11.7. The van der Waals surface area contributed by atoms with Crippen molar-refractivity contribution in [2.75, 3.05) is 26.6 Å². The second kappa shape index (κ2) is 9.38. The van der Waals surface area contributed by atoms with Crippen LogP contribution in [0.2, 0.25) is 0 Å². The van der Waals surface area contributed by atoms with Crippen molar-refractivity contribution in [2.45, 2.75) is 31.4 Å². The average molecular weight is 467 g/mol. The van der Waals surface area contributed by atoms with Crippen molar-refractivity contribution in [1.82, 2.24) is 4.90 Å². The highest BCUT2D eigenvalue weighted by molar-refractivity contribution is 8.03. The molecule has 2 aliphatic heterocycles. The normalized spacial score (nSPS) is 22.1. The van der Waals surface area contributed by atoms with E-state index in [1.54, 1.807) is 38.5 Å². The van der Waals surface area contributed by atoms with Gasteiger partial charge in [-0.3, -0.25) is 9.69 Å². The molecule has 33 heavy (non-hydrogen) atoms. The van der Waals surface area contributed by atoms with Gasteiger partial charge in [0.25, 0.3) is 0 Å². The number of carbonyl (C=O) groups is 1. The van der Waals surface area contributed by atoms with E-state index in [4.69, 9.17) is 14.2 Å². The van der Waals surface area contributed by atoms with Crippen LogP contribution < -0.4 is 14.2 Å². The van der Waals surface area contributed by atoms with Gasteiger partial charge in [0.15, 0.2) is 17.2 Å². The number of ether oxygens (including phenoxy) is 3. The molecule has 1 amide bonds. The topological polar surface area (TPSA) is 92.0 Å². The number of thioether (sulfide) groups is 1. The Hall–Kier alpha value is -3.15. The van der Waals surface area contributed by atoms with E-state index in [0.717, 1.165) is 12.0 Å². The van der Waals surface area contributed by atoms with Crippen LogP contribution in [0.5, 0.6) is 17.2 Å². The van der Waals surface area contributed by atoms with Crippen molar-refractivity contribution in [3.63, 3.8) is 0 Å². The Balaban J connectivity index is 1.74. The van der Waals surface area contributed by atoms with E-state index in [9.17, 15) is 15.2 Å². The number of methoxy groups -OCH3 is 2. The van der Waals surface area contributed by atoms with Crippen molar-refractivity contribution < 1.29 is 24.1 Å². The minimum atomic E-state index is -1.55. The van der Waals surface area contributed by atoms with E-state index in [2.05, 4.69) is 6.07 Å². The van der Waals surface area contributed by atoms with Gasteiger partial charge in [0.1, 0.15) is 5.75 Å². The summed E-state index contributed by atoms with van der Waals surface area (Å²) in [4.78, 5) is 14.7. The van der Waals surface area contributed by atoms with Crippen LogP contribution >= 0.6 is 11.8 Å². The Labute approximate surface area is 197 Å². The SMILES string of the molecule is CCCOc1ccc([C@@H]2CC(=O)N3C(=C2C#N)SC[C@@]3(O)c2cccc(OC)c2)cc1OC. The first-order chi connectivity index (χ1) is 16.0.